The molecule has 32 heavy (non-hydrogen) atoms. The molecule has 3 aromatic carbocycles. The van der Waals surface area contributed by atoms with Crippen LogP contribution in [-0.4, -0.2) is 27.8 Å². The van der Waals surface area contributed by atoms with E-state index in [1.807, 2.05) is 36.4 Å². The van der Waals surface area contributed by atoms with Crippen LogP contribution in [0.15, 0.2) is 71.5 Å². The Morgan fingerprint density at radius 1 is 0.875 bits per heavy atom. The van der Waals surface area contributed by atoms with Gasteiger partial charge in [-0.25, -0.2) is 9.48 Å². The fraction of sp³-hybridized carbons (Fsp3) is 0.200. The van der Waals surface area contributed by atoms with Gasteiger partial charge in [0, 0.05) is 16.5 Å². The van der Waals surface area contributed by atoms with Crippen LogP contribution in [0, 0.1) is 0 Å². The van der Waals surface area contributed by atoms with Crippen molar-refractivity contribution in [1.82, 2.24) is 9.78 Å². The van der Waals surface area contributed by atoms with Crippen molar-refractivity contribution in [2.75, 3.05) is 5.32 Å². The van der Waals surface area contributed by atoms with Gasteiger partial charge in [-0.3, -0.25) is 9.59 Å². The van der Waals surface area contributed by atoms with Gasteiger partial charge in [0.2, 0.25) is 0 Å². The van der Waals surface area contributed by atoms with Crippen LogP contribution in [-0.2, 0) is 9.53 Å². The van der Waals surface area contributed by atoms with Gasteiger partial charge >= 0.3 is 5.97 Å². The van der Waals surface area contributed by atoms with E-state index >= 15 is 0 Å². The van der Waals surface area contributed by atoms with Crippen molar-refractivity contribution >= 4 is 39.1 Å². The molecule has 1 amide bonds. The molecule has 7 nitrogen and oxygen atoms in total. The molecule has 0 saturated carbocycles. The first-order chi connectivity index (χ1) is 15.4. The normalized spacial score (nSPS) is 12.1. The van der Waals surface area contributed by atoms with Gasteiger partial charge in [-0.05, 0) is 38.3 Å². The van der Waals surface area contributed by atoms with Crippen molar-refractivity contribution < 1.29 is 14.3 Å². The topological polar surface area (TPSA) is 90.3 Å². The highest BCUT2D eigenvalue weighted by atomic mass is 16.5. The molecule has 0 radical (unpaired) electrons. The molecular weight excluding hydrogens is 406 g/mol. The minimum atomic E-state index is -1.07. The second kappa shape index (κ2) is 8.63. The lowest BCUT2D eigenvalue weighted by molar-refractivity contribution is -0.123. The summed E-state index contributed by atoms with van der Waals surface area (Å²) in [4.78, 5) is 38.4. The number of amides is 1. The van der Waals surface area contributed by atoms with Crippen LogP contribution in [0.1, 0.15) is 37.3 Å². The van der Waals surface area contributed by atoms with Gasteiger partial charge in [0.1, 0.15) is 0 Å². The van der Waals surface area contributed by atoms with E-state index in [1.165, 1.54) is 11.6 Å². The minimum absolute atomic E-state index is 0.00119. The van der Waals surface area contributed by atoms with Gasteiger partial charge in [-0.1, -0.05) is 54.6 Å². The van der Waals surface area contributed by atoms with Gasteiger partial charge in [0.05, 0.1) is 11.4 Å². The van der Waals surface area contributed by atoms with Crippen LogP contribution in [0.3, 0.4) is 0 Å². The van der Waals surface area contributed by atoms with E-state index in [2.05, 4.69) is 10.4 Å². The third kappa shape index (κ3) is 3.97. The second-order valence-corrected chi connectivity index (χ2v) is 7.80. The molecule has 0 bridgehead atoms. The van der Waals surface area contributed by atoms with E-state index in [9.17, 15) is 14.4 Å². The van der Waals surface area contributed by atoms with E-state index in [-0.39, 0.29) is 17.3 Å². The maximum absolute atomic E-state index is 12.9. The number of anilines is 1. The molecule has 0 aliphatic carbocycles. The third-order valence-corrected chi connectivity index (χ3v) is 5.21. The van der Waals surface area contributed by atoms with Gasteiger partial charge in [-0.15, -0.1) is 0 Å². The summed E-state index contributed by atoms with van der Waals surface area (Å²) >= 11 is 0. The first-order valence-electron chi connectivity index (χ1n) is 10.4. The maximum atomic E-state index is 12.9. The van der Waals surface area contributed by atoms with E-state index < -0.39 is 18.0 Å². The number of carbonyl (C=O) groups excluding carboxylic acids is 2. The molecule has 4 aromatic rings. The minimum Gasteiger partial charge on any atom is -0.448 e. The number of carbonyl (C=O) groups is 2. The van der Waals surface area contributed by atoms with Gasteiger partial charge < -0.3 is 10.1 Å². The lowest BCUT2D eigenvalue weighted by Crippen LogP contribution is -2.32. The molecule has 7 heteroatoms. The standard InChI is InChI=1S/C25H23N3O4/c1-15(2)28-24(30)20-13-7-6-12-19(20)22(27-28)25(31)32-16(3)23(29)26-21-14-8-10-17-9-4-5-11-18(17)21/h4-16H,1-3H3,(H,26,29). The smallest absolute Gasteiger partial charge is 0.360 e. The zero-order chi connectivity index (χ0) is 22.8. The fourth-order valence-corrected chi connectivity index (χ4v) is 3.55. The van der Waals surface area contributed by atoms with Crippen molar-refractivity contribution in [1.29, 1.82) is 0 Å². The molecular formula is C25H23N3O4. The second-order valence-electron chi connectivity index (χ2n) is 7.80. The van der Waals surface area contributed by atoms with E-state index in [4.69, 9.17) is 4.74 Å². The molecule has 0 spiro atoms. The molecule has 0 aliphatic rings. The number of rotatable bonds is 5. The van der Waals surface area contributed by atoms with Crippen LogP contribution in [0.25, 0.3) is 21.5 Å². The molecule has 0 saturated heterocycles. The zero-order valence-corrected chi connectivity index (χ0v) is 18.0. The molecule has 1 heterocycles. The van der Waals surface area contributed by atoms with Gasteiger partial charge in [0.25, 0.3) is 11.5 Å². The summed E-state index contributed by atoms with van der Waals surface area (Å²) in [6.07, 6.45) is -1.07. The fourth-order valence-electron chi connectivity index (χ4n) is 3.55. The molecule has 1 atom stereocenters. The highest BCUT2D eigenvalue weighted by Gasteiger charge is 2.24. The summed E-state index contributed by atoms with van der Waals surface area (Å²) in [6, 6.07) is 19.8. The van der Waals surface area contributed by atoms with E-state index in [1.54, 1.807) is 44.2 Å². The van der Waals surface area contributed by atoms with Gasteiger partial charge in [-0.2, -0.15) is 5.10 Å². The average Bonchev–Trinajstić information content (AvgIpc) is 2.79. The van der Waals surface area contributed by atoms with Crippen molar-refractivity contribution in [3.8, 4) is 0 Å². The number of fused-ring (bicyclic) bond motifs is 2. The molecule has 4 rings (SSSR count). The van der Waals surface area contributed by atoms with Crippen LogP contribution >= 0.6 is 0 Å². The summed E-state index contributed by atoms with van der Waals surface area (Å²) in [7, 11) is 0. The molecule has 1 N–H and O–H groups in total. The molecule has 1 aromatic heterocycles. The first-order valence-corrected chi connectivity index (χ1v) is 10.4. The molecule has 0 aliphatic heterocycles. The van der Waals surface area contributed by atoms with Gasteiger partial charge in [0.15, 0.2) is 11.8 Å². The monoisotopic (exact) mass is 429 g/mol. The SMILES string of the molecule is CC(OC(=O)c1nn(C(C)C)c(=O)c2ccccc12)C(=O)Nc1cccc2ccccc12. The summed E-state index contributed by atoms with van der Waals surface area (Å²) in [5.74, 6) is -1.23. The number of nitrogens with one attached hydrogen (secondary N) is 1. The Labute approximate surface area is 184 Å². The summed E-state index contributed by atoms with van der Waals surface area (Å²) in [5.41, 5.74) is 0.348. The van der Waals surface area contributed by atoms with Crippen LogP contribution in [0.5, 0.6) is 0 Å². The van der Waals surface area contributed by atoms with E-state index in [0.29, 0.717) is 16.5 Å². The van der Waals surface area contributed by atoms with Crippen LogP contribution < -0.4 is 10.9 Å². The Kier molecular flexibility index (Phi) is 5.73. The van der Waals surface area contributed by atoms with Crippen molar-refractivity contribution in [3.05, 3.63) is 82.8 Å². The Hall–Kier alpha value is -4.00. The summed E-state index contributed by atoms with van der Waals surface area (Å²) in [6.45, 7) is 5.11. The summed E-state index contributed by atoms with van der Waals surface area (Å²) in [5, 5.41) is 9.70. The molecule has 1 unspecified atom stereocenters. The maximum Gasteiger partial charge on any atom is 0.360 e. The number of hydrogen-bond acceptors (Lipinski definition) is 5. The Bertz CT molecular complexity index is 1390. The quantitative estimate of drug-likeness (QED) is 0.477. The number of aromatic nitrogens is 2. The Morgan fingerprint density at radius 2 is 1.50 bits per heavy atom. The van der Waals surface area contributed by atoms with Crippen LogP contribution in [0.2, 0.25) is 0 Å². The van der Waals surface area contributed by atoms with Crippen molar-refractivity contribution in [2.24, 2.45) is 0 Å². The lowest BCUT2D eigenvalue weighted by atomic mass is 10.1. The Balaban J connectivity index is 1.60. The Morgan fingerprint density at radius 3 is 2.22 bits per heavy atom. The molecule has 162 valence electrons. The largest absolute Gasteiger partial charge is 0.448 e. The number of hydrogen-bond donors (Lipinski definition) is 1. The average molecular weight is 429 g/mol. The zero-order valence-electron chi connectivity index (χ0n) is 18.0. The first kappa shape index (κ1) is 21.2. The highest BCUT2D eigenvalue weighted by molar-refractivity contribution is 6.06. The number of ether oxygens (including phenoxy) is 1. The number of benzene rings is 3. The highest BCUT2D eigenvalue weighted by Crippen LogP contribution is 2.23. The predicted molar refractivity (Wildman–Crippen MR) is 124 cm³/mol. The molecule has 0 fully saturated rings. The number of esters is 1. The van der Waals surface area contributed by atoms with Crippen molar-refractivity contribution in [2.45, 2.75) is 32.9 Å². The van der Waals surface area contributed by atoms with E-state index in [0.717, 1.165) is 10.8 Å². The van der Waals surface area contributed by atoms with Crippen molar-refractivity contribution in [3.63, 3.8) is 0 Å². The predicted octanol–water partition coefficient (Wildman–Crippen LogP) is 4.31. The third-order valence-electron chi connectivity index (χ3n) is 5.21. The summed E-state index contributed by atoms with van der Waals surface area (Å²) < 4.78 is 6.69. The number of nitrogens with zero attached hydrogens (tertiary/aromatic N) is 2. The lowest BCUT2D eigenvalue weighted by Gasteiger charge is -2.16. The van der Waals surface area contributed by atoms with Crippen LogP contribution in [0.4, 0.5) is 5.69 Å².